The van der Waals surface area contributed by atoms with E-state index in [1.165, 1.54) is 32.1 Å². The monoisotopic (exact) mass is 207 g/mol. The third kappa shape index (κ3) is 2.40. The zero-order chi connectivity index (χ0) is 10.7. The molecule has 0 amide bonds. The van der Waals surface area contributed by atoms with Gasteiger partial charge in [0.05, 0.1) is 12.0 Å². The molecule has 2 rings (SSSR count). The van der Waals surface area contributed by atoms with Crippen molar-refractivity contribution in [2.24, 2.45) is 11.1 Å². The lowest BCUT2D eigenvalue weighted by Gasteiger charge is -2.34. The predicted octanol–water partition coefficient (Wildman–Crippen LogP) is 2.31. The van der Waals surface area contributed by atoms with E-state index in [1.807, 2.05) is 12.5 Å². The van der Waals surface area contributed by atoms with Crippen molar-refractivity contribution >= 4 is 0 Å². The topological polar surface area (TPSA) is 43.8 Å². The summed E-state index contributed by atoms with van der Waals surface area (Å²) < 4.78 is 2.23. The van der Waals surface area contributed by atoms with Crippen LogP contribution in [0.1, 0.15) is 44.7 Å². The summed E-state index contributed by atoms with van der Waals surface area (Å²) in [5.41, 5.74) is 7.30. The van der Waals surface area contributed by atoms with Crippen molar-refractivity contribution in [3.63, 3.8) is 0 Å². The van der Waals surface area contributed by atoms with Crippen LogP contribution in [-0.2, 0) is 13.1 Å². The zero-order valence-corrected chi connectivity index (χ0v) is 9.58. The molecule has 0 unspecified atom stereocenters. The molecule has 3 nitrogen and oxygen atoms in total. The summed E-state index contributed by atoms with van der Waals surface area (Å²) in [4.78, 5) is 4.17. The smallest absolute Gasteiger partial charge is 0.0948 e. The largest absolute Gasteiger partial charge is 0.333 e. The maximum atomic E-state index is 5.68. The second-order valence-electron chi connectivity index (χ2n) is 5.09. The molecule has 0 saturated heterocycles. The molecule has 0 aliphatic heterocycles. The molecule has 1 heterocycles. The van der Waals surface area contributed by atoms with E-state index < -0.39 is 0 Å². The minimum atomic E-state index is 0.461. The summed E-state index contributed by atoms with van der Waals surface area (Å²) in [6.45, 7) is 4.07. The van der Waals surface area contributed by atoms with Crippen LogP contribution in [0.2, 0.25) is 0 Å². The first-order valence-corrected chi connectivity index (χ1v) is 5.93. The average Bonchev–Trinajstić information content (AvgIpc) is 2.65. The summed E-state index contributed by atoms with van der Waals surface area (Å²) in [5, 5.41) is 0. The normalized spacial score (nSPS) is 20.4. The van der Waals surface area contributed by atoms with Crippen LogP contribution in [0.4, 0.5) is 0 Å². The van der Waals surface area contributed by atoms with E-state index >= 15 is 0 Å². The highest BCUT2D eigenvalue weighted by Gasteiger charge is 2.27. The molecule has 3 heteroatoms. The van der Waals surface area contributed by atoms with E-state index in [-0.39, 0.29) is 0 Å². The van der Waals surface area contributed by atoms with E-state index in [4.69, 9.17) is 5.73 Å². The van der Waals surface area contributed by atoms with Gasteiger partial charge in [-0.3, -0.25) is 0 Å². The van der Waals surface area contributed by atoms with Gasteiger partial charge in [-0.1, -0.05) is 26.2 Å². The molecule has 0 bridgehead atoms. The Balaban J connectivity index is 2.06. The Hall–Kier alpha value is -0.830. The van der Waals surface area contributed by atoms with Crippen LogP contribution < -0.4 is 5.73 Å². The van der Waals surface area contributed by atoms with Crippen LogP contribution in [0.5, 0.6) is 0 Å². The third-order valence-corrected chi connectivity index (χ3v) is 3.62. The molecular formula is C12H21N3. The van der Waals surface area contributed by atoms with Crippen molar-refractivity contribution in [3.05, 3.63) is 18.2 Å². The van der Waals surface area contributed by atoms with Gasteiger partial charge in [0.2, 0.25) is 0 Å². The molecule has 0 atom stereocenters. The summed E-state index contributed by atoms with van der Waals surface area (Å²) in [7, 11) is 0. The number of rotatable bonds is 3. The highest BCUT2D eigenvalue weighted by molar-refractivity contribution is 4.98. The lowest BCUT2D eigenvalue weighted by atomic mass is 9.75. The molecule has 2 N–H and O–H groups in total. The Morgan fingerprint density at radius 1 is 1.40 bits per heavy atom. The molecule has 0 aromatic carbocycles. The first kappa shape index (κ1) is 10.7. The molecule has 1 aromatic heterocycles. The van der Waals surface area contributed by atoms with Gasteiger partial charge in [0.1, 0.15) is 0 Å². The van der Waals surface area contributed by atoms with Crippen molar-refractivity contribution < 1.29 is 0 Å². The van der Waals surface area contributed by atoms with Crippen molar-refractivity contribution in [1.82, 2.24) is 9.55 Å². The van der Waals surface area contributed by atoms with Gasteiger partial charge in [-0.05, 0) is 18.3 Å². The Morgan fingerprint density at radius 2 is 2.13 bits per heavy atom. The predicted molar refractivity (Wildman–Crippen MR) is 61.3 cm³/mol. The Kier molecular flexibility index (Phi) is 3.10. The molecule has 0 radical (unpaired) electrons. The summed E-state index contributed by atoms with van der Waals surface area (Å²) >= 11 is 0. The molecule has 1 aromatic rings. The first-order chi connectivity index (χ1) is 7.23. The van der Waals surface area contributed by atoms with Crippen molar-refractivity contribution in [3.8, 4) is 0 Å². The number of imidazole rings is 1. The lowest BCUT2D eigenvalue weighted by Crippen LogP contribution is -2.27. The first-order valence-electron chi connectivity index (χ1n) is 5.93. The van der Waals surface area contributed by atoms with Gasteiger partial charge in [-0.25, -0.2) is 4.98 Å². The fourth-order valence-electron chi connectivity index (χ4n) is 2.64. The SMILES string of the molecule is CC1(Cn2cncc2CN)CCCCC1. The van der Waals surface area contributed by atoms with Gasteiger partial charge in [0, 0.05) is 19.3 Å². The lowest BCUT2D eigenvalue weighted by molar-refractivity contribution is 0.181. The quantitative estimate of drug-likeness (QED) is 0.826. The molecule has 84 valence electrons. The van der Waals surface area contributed by atoms with Gasteiger partial charge >= 0.3 is 0 Å². The van der Waals surface area contributed by atoms with Crippen LogP contribution in [0.3, 0.4) is 0 Å². The minimum Gasteiger partial charge on any atom is -0.333 e. The van der Waals surface area contributed by atoms with Crippen molar-refractivity contribution in [1.29, 1.82) is 0 Å². The summed E-state index contributed by atoms with van der Waals surface area (Å²) in [6, 6.07) is 0. The Morgan fingerprint density at radius 3 is 2.80 bits per heavy atom. The molecular weight excluding hydrogens is 186 g/mol. The van der Waals surface area contributed by atoms with Crippen LogP contribution >= 0.6 is 0 Å². The molecule has 1 aliphatic carbocycles. The fourth-order valence-corrected chi connectivity index (χ4v) is 2.64. The van der Waals surface area contributed by atoms with Crippen molar-refractivity contribution in [2.45, 2.75) is 52.1 Å². The van der Waals surface area contributed by atoms with E-state index in [0.29, 0.717) is 12.0 Å². The summed E-state index contributed by atoms with van der Waals surface area (Å²) in [5.74, 6) is 0. The van der Waals surface area contributed by atoms with Crippen molar-refractivity contribution in [2.75, 3.05) is 0 Å². The zero-order valence-electron chi connectivity index (χ0n) is 9.58. The standard InChI is InChI=1S/C12H21N3/c1-12(5-3-2-4-6-12)9-15-10-14-8-11(15)7-13/h8,10H,2-7,9,13H2,1H3. The Labute approximate surface area is 91.7 Å². The summed E-state index contributed by atoms with van der Waals surface area (Å²) in [6.07, 6.45) is 10.6. The fraction of sp³-hybridized carbons (Fsp3) is 0.750. The maximum Gasteiger partial charge on any atom is 0.0948 e. The van der Waals surface area contributed by atoms with Gasteiger partial charge in [0.25, 0.3) is 0 Å². The second kappa shape index (κ2) is 4.35. The van der Waals surface area contributed by atoms with Crippen LogP contribution in [0.25, 0.3) is 0 Å². The molecule has 1 fully saturated rings. The van der Waals surface area contributed by atoms with E-state index in [2.05, 4.69) is 16.5 Å². The Bertz CT molecular complexity index is 310. The minimum absolute atomic E-state index is 0.461. The van der Waals surface area contributed by atoms with E-state index in [9.17, 15) is 0 Å². The maximum absolute atomic E-state index is 5.68. The van der Waals surface area contributed by atoms with E-state index in [1.54, 1.807) is 0 Å². The molecule has 0 spiro atoms. The highest BCUT2D eigenvalue weighted by atomic mass is 15.1. The number of hydrogen-bond donors (Lipinski definition) is 1. The highest BCUT2D eigenvalue weighted by Crippen LogP contribution is 2.37. The second-order valence-corrected chi connectivity index (χ2v) is 5.09. The molecule has 15 heavy (non-hydrogen) atoms. The third-order valence-electron chi connectivity index (χ3n) is 3.62. The number of aromatic nitrogens is 2. The molecule has 1 aliphatic rings. The van der Waals surface area contributed by atoms with Crippen LogP contribution in [0.15, 0.2) is 12.5 Å². The van der Waals surface area contributed by atoms with Gasteiger partial charge in [-0.2, -0.15) is 0 Å². The van der Waals surface area contributed by atoms with Crippen LogP contribution in [0, 0.1) is 5.41 Å². The van der Waals surface area contributed by atoms with E-state index in [0.717, 1.165) is 12.2 Å². The van der Waals surface area contributed by atoms with Gasteiger partial charge < -0.3 is 10.3 Å². The number of nitrogens with two attached hydrogens (primary N) is 1. The van der Waals surface area contributed by atoms with Gasteiger partial charge in [-0.15, -0.1) is 0 Å². The number of nitrogens with zero attached hydrogens (tertiary/aromatic N) is 2. The number of hydrogen-bond acceptors (Lipinski definition) is 2. The molecule has 1 saturated carbocycles. The van der Waals surface area contributed by atoms with Gasteiger partial charge in [0.15, 0.2) is 0 Å². The average molecular weight is 207 g/mol. The van der Waals surface area contributed by atoms with Crippen LogP contribution in [-0.4, -0.2) is 9.55 Å².